The molecular weight excluding hydrogens is 202 g/mol. The zero-order valence-electron chi connectivity index (χ0n) is 10.8. The summed E-state index contributed by atoms with van der Waals surface area (Å²) >= 11 is 0. The predicted molar refractivity (Wildman–Crippen MR) is 66.6 cm³/mol. The van der Waals surface area contributed by atoms with Crippen molar-refractivity contribution in [3.63, 3.8) is 0 Å². The second-order valence-electron chi connectivity index (χ2n) is 5.03. The van der Waals surface area contributed by atoms with Gasteiger partial charge >= 0.3 is 0 Å². The SMILES string of the molecule is CCC(O)CCCN(C)CCOCC1CC1. The number of ether oxygens (including phenoxy) is 1. The molecule has 0 bridgehead atoms. The van der Waals surface area contributed by atoms with Gasteiger partial charge in [0.1, 0.15) is 0 Å². The van der Waals surface area contributed by atoms with Gasteiger partial charge in [-0.25, -0.2) is 0 Å². The Labute approximate surface area is 99.8 Å². The maximum atomic E-state index is 9.41. The topological polar surface area (TPSA) is 32.7 Å². The van der Waals surface area contributed by atoms with Crippen molar-refractivity contribution in [1.29, 1.82) is 0 Å². The maximum Gasteiger partial charge on any atom is 0.0593 e. The van der Waals surface area contributed by atoms with Gasteiger partial charge in [0.2, 0.25) is 0 Å². The third-order valence-electron chi connectivity index (χ3n) is 3.22. The van der Waals surface area contributed by atoms with Gasteiger partial charge in [-0.15, -0.1) is 0 Å². The minimum Gasteiger partial charge on any atom is -0.393 e. The summed E-state index contributed by atoms with van der Waals surface area (Å²) in [5, 5.41) is 9.41. The first-order valence-electron chi connectivity index (χ1n) is 6.66. The van der Waals surface area contributed by atoms with E-state index in [1.54, 1.807) is 0 Å². The van der Waals surface area contributed by atoms with Crippen molar-refractivity contribution in [2.24, 2.45) is 5.92 Å². The molecule has 0 aromatic carbocycles. The molecule has 0 aromatic rings. The molecule has 0 aliphatic heterocycles. The molecule has 16 heavy (non-hydrogen) atoms. The highest BCUT2D eigenvalue weighted by atomic mass is 16.5. The van der Waals surface area contributed by atoms with E-state index in [0.29, 0.717) is 0 Å². The van der Waals surface area contributed by atoms with Crippen molar-refractivity contribution in [1.82, 2.24) is 4.90 Å². The average molecular weight is 229 g/mol. The van der Waals surface area contributed by atoms with Gasteiger partial charge in [0.05, 0.1) is 12.7 Å². The first-order valence-corrected chi connectivity index (χ1v) is 6.66. The number of aliphatic hydroxyl groups excluding tert-OH is 1. The van der Waals surface area contributed by atoms with Crippen LogP contribution in [0.25, 0.3) is 0 Å². The van der Waals surface area contributed by atoms with E-state index in [-0.39, 0.29) is 6.10 Å². The van der Waals surface area contributed by atoms with Gasteiger partial charge in [-0.3, -0.25) is 0 Å². The number of aliphatic hydroxyl groups is 1. The van der Waals surface area contributed by atoms with Crippen LogP contribution in [0, 0.1) is 5.92 Å². The molecule has 1 N–H and O–H groups in total. The molecule has 0 spiro atoms. The lowest BCUT2D eigenvalue weighted by Crippen LogP contribution is -2.25. The summed E-state index contributed by atoms with van der Waals surface area (Å²) in [6.07, 6.45) is 5.49. The molecule has 96 valence electrons. The highest BCUT2D eigenvalue weighted by Gasteiger charge is 2.20. The fraction of sp³-hybridized carbons (Fsp3) is 1.00. The summed E-state index contributed by atoms with van der Waals surface area (Å²) in [4.78, 5) is 2.29. The molecule has 0 saturated heterocycles. The Hall–Kier alpha value is -0.120. The van der Waals surface area contributed by atoms with Crippen molar-refractivity contribution in [3.05, 3.63) is 0 Å². The van der Waals surface area contributed by atoms with Gasteiger partial charge in [0, 0.05) is 13.2 Å². The van der Waals surface area contributed by atoms with E-state index in [2.05, 4.69) is 11.9 Å². The van der Waals surface area contributed by atoms with E-state index in [1.807, 2.05) is 6.92 Å². The Morgan fingerprint density at radius 1 is 1.38 bits per heavy atom. The molecule has 1 fully saturated rings. The fourth-order valence-corrected chi connectivity index (χ4v) is 1.67. The minimum atomic E-state index is -0.112. The standard InChI is InChI=1S/C13H27NO2/c1-3-13(15)5-4-8-14(2)9-10-16-11-12-6-7-12/h12-13,15H,3-11H2,1-2H3. The van der Waals surface area contributed by atoms with Crippen LogP contribution < -0.4 is 0 Å². The van der Waals surface area contributed by atoms with Crippen LogP contribution in [0.1, 0.15) is 39.0 Å². The van der Waals surface area contributed by atoms with Gasteiger partial charge in [0.25, 0.3) is 0 Å². The van der Waals surface area contributed by atoms with Crippen LogP contribution >= 0.6 is 0 Å². The highest BCUT2D eigenvalue weighted by Crippen LogP contribution is 2.28. The highest BCUT2D eigenvalue weighted by molar-refractivity contribution is 4.72. The smallest absolute Gasteiger partial charge is 0.0593 e. The van der Waals surface area contributed by atoms with Gasteiger partial charge in [-0.1, -0.05) is 6.92 Å². The van der Waals surface area contributed by atoms with Crippen molar-refractivity contribution >= 4 is 0 Å². The van der Waals surface area contributed by atoms with E-state index >= 15 is 0 Å². The zero-order valence-corrected chi connectivity index (χ0v) is 10.8. The van der Waals surface area contributed by atoms with Crippen LogP contribution in [0.15, 0.2) is 0 Å². The van der Waals surface area contributed by atoms with Crippen LogP contribution in [-0.2, 0) is 4.74 Å². The Balaban J connectivity index is 1.83. The molecule has 0 amide bonds. The summed E-state index contributed by atoms with van der Waals surface area (Å²) in [7, 11) is 2.12. The number of rotatable bonds is 10. The normalized spacial score (nSPS) is 18.0. The third kappa shape index (κ3) is 7.20. The van der Waals surface area contributed by atoms with Crippen LogP contribution in [0.2, 0.25) is 0 Å². The molecule has 3 nitrogen and oxygen atoms in total. The van der Waals surface area contributed by atoms with Gasteiger partial charge in [-0.05, 0) is 51.6 Å². The molecule has 0 radical (unpaired) electrons. The van der Waals surface area contributed by atoms with Crippen molar-refractivity contribution in [2.75, 3.05) is 33.4 Å². The minimum absolute atomic E-state index is 0.112. The van der Waals surface area contributed by atoms with Crippen molar-refractivity contribution < 1.29 is 9.84 Å². The summed E-state index contributed by atoms with van der Waals surface area (Å²) in [5.74, 6) is 0.866. The van der Waals surface area contributed by atoms with Gasteiger partial charge in [0.15, 0.2) is 0 Å². The predicted octanol–water partition coefficient (Wildman–Crippen LogP) is 1.90. The Morgan fingerprint density at radius 3 is 2.75 bits per heavy atom. The van der Waals surface area contributed by atoms with Crippen molar-refractivity contribution in [2.45, 2.75) is 45.1 Å². The first kappa shape index (κ1) is 13.9. The lowest BCUT2D eigenvalue weighted by molar-refractivity contribution is 0.100. The lowest BCUT2D eigenvalue weighted by Gasteiger charge is -2.17. The maximum absolute atomic E-state index is 9.41. The van der Waals surface area contributed by atoms with E-state index in [1.165, 1.54) is 12.8 Å². The zero-order chi connectivity index (χ0) is 11.8. The Bertz CT molecular complexity index is 171. The summed E-state index contributed by atoms with van der Waals surface area (Å²) in [6.45, 7) is 5.91. The van der Waals surface area contributed by atoms with Gasteiger partial charge in [-0.2, -0.15) is 0 Å². The number of nitrogens with zero attached hydrogens (tertiary/aromatic N) is 1. The number of hydrogen-bond donors (Lipinski definition) is 1. The van der Waals surface area contributed by atoms with Crippen LogP contribution in [0.5, 0.6) is 0 Å². The largest absolute Gasteiger partial charge is 0.393 e. The molecule has 1 atom stereocenters. The first-order chi connectivity index (χ1) is 7.72. The second-order valence-corrected chi connectivity index (χ2v) is 5.03. The molecule has 1 unspecified atom stereocenters. The summed E-state index contributed by atoms with van der Waals surface area (Å²) in [6, 6.07) is 0. The Morgan fingerprint density at radius 2 is 2.12 bits per heavy atom. The third-order valence-corrected chi connectivity index (χ3v) is 3.22. The molecule has 1 aliphatic carbocycles. The fourth-order valence-electron chi connectivity index (χ4n) is 1.67. The van der Waals surface area contributed by atoms with E-state index in [0.717, 1.165) is 51.5 Å². The lowest BCUT2D eigenvalue weighted by atomic mass is 10.1. The quantitative estimate of drug-likeness (QED) is 0.581. The molecule has 0 aromatic heterocycles. The van der Waals surface area contributed by atoms with Crippen LogP contribution in [0.4, 0.5) is 0 Å². The molecular formula is C13H27NO2. The monoisotopic (exact) mass is 229 g/mol. The van der Waals surface area contributed by atoms with Crippen LogP contribution in [-0.4, -0.2) is 49.5 Å². The molecule has 1 rings (SSSR count). The number of likely N-dealkylation sites (N-methyl/N-ethyl adjacent to an activating group) is 1. The number of hydrogen-bond acceptors (Lipinski definition) is 3. The Kier molecular flexibility index (Phi) is 7.01. The van der Waals surface area contributed by atoms with E-state index in [9.17, 15) is 5.11 Å². The van der Waals surface area contributed by atoms with Gasteiger partial charge < -0.3 is 14.7 Å². The van der Waals surface area contributed by atoms with E-state index in [4.69, 9.17) is 4.74 Å². The molecule has 1 aliphatic rings. The summed E-state index contributed by atoms with van der Waals surface area (Å²) in [5.41, 5.74) is 0. The van der Waals surface area contributed by atoms with E-state index < -0.39 is 0 Å². The molecule has 0 heterocycles. The summed E-state index contributed by atoms with van der Waals surface area (Å²) < 4.78 is 5.59. The van der Waals surface area contributed by atoms with Crippen LogP contribution in [0.3, 0.4) is 0 Å². The second kappa shape index (κ2) is 8.04. The molecule has 1 saturated carbocycles. The molecule has 3 heteroatoms. The average Bonchev–Trinajstić information content (AvgIpc) is 3.08. The van der Waals surface area contributed by atoms with Crippen molar-refractivity contribution in [3.8, 4) is 0 Å².